The van der Waals surface area contributed by atoms with Crippen molar-refractivity contribution in [2.24, 2.45) is 5.92 Å². The highest BCUT2D eigenvalue weighted by Crippen LogP contribution is 2.02. The Labute approximate surface area is 132 Å². The number of nitrogens with one attached hydrogen (secondary N) is 2. The fourth-order valence-corrected chi connectivity index (χ4v) is 1.93. The van der Waals surface area contributed by atoms with Gasteiger partial charge in [-0.05, 0) is 24.3 Å². The summed E-state index contributed by atoms with van der Waals surface area (Å²) in [6.45, 7) is 2.83. The van der Waals surface area contributed by atoms with Crippen LogP contribution in [0.5, 0.6) is 0 Å². The molecule has 1 heterocycles. The molecule has 2 amide bonds. The maximum absolute atomic E-state index is 12.8. The normalized spacial score (nSPS) is 11.7. The first-order chi connectivity index (χ1) is 11.1. The molecule has 0 saturated carbocycles. The average Bonchev–Trinajstić information content (AvgIpc) is 3.04. The smallest absolute Gasteiger partial charge is 0.251 e. The van der Waals surface area contributed by atoms with Crippen LogP contribution >= 0.6 is 0 Å². The minimum absolute atomic E-state index is 0.128. The number of benzene rings is 1. The highest BCUT2D eigenvalue weighted by molar-refractivity contribution is 5.94. The van der Waals surface area contributed by atoms with E-state index < -0.39 is 5.82 Å². The van der Waals surface area contributed by atoms with E-state index in [0.717, 1.165) is 0 Å². The Morgan fingerprint density at radius 2 is 1.91 bits per heavy atom. The van der Waals surface area contributed by atoms with Crippen LogP contribution in [-0.2, 0) is 11.3 Å². The van der Waals surface area contributed by atoms with Crippen molar-refractivity contribution in [3.8, 4) is 0 Å². The van der Waals surface area contributed by atoms with Crippen molar-refractivity contribution in [2.75, 3.05) is 13.1 Å². The molecule has 0 aliphatic heterocycles. The van der Waals surface area contributed by atoms with E-state index in [0.29, 0.717) is 18.7 Å². The molecule has 2 rings (SSSR count). The summed E-state index contributed by atoms with van der Waals surface area (Å²) in [5.74, 6) is -1.09. The van der Waals surface area contributed by atoms with Crippen LogP contribution in [0.4, 0.5) is 4.39 Å². The zero-order chi connectivity index (χ0) is 16.7. The van der Waals surface area contributed by atoms with Crippen LogP contribution in [-0.4, -0.2) is 39.7 Å². The molecule has 0 bridgehead atoms. The monoisotopic (exact) mass is 319 g/mol. The number of carbonyl (C=O) groups is 2. The third kappa shape index (κ3) is 5.17. The van der Waals surface area contributed by atoms with E-state index in [-0.39, 0.29) is 24.3 Å². The molecule has 0 saturated heterocycles. The molecular weight excluding hydrogens is 301 g/mol. The van der Waals surface area contributed by atoms with Gasteiger partial charge in [-0.3, -0.25) is 14.3 Å². The fraction of sp³-hybridized carbons (Fsp3) is 0.333. The van der Waals surface area contributed by atoms with E-state index in [9.17, 15) is 14.0 Å². The summed E-state index contributed by atoms with van der Waals surface area (Å²) >= 11 is 0. The maximum Gasteiger partial charge on any atom is 0.251 e. The lowest BCUT2D eigenvalue weighted by atomic mass is 10.1. The largest absolute Gasteiger partial charge is 0.354 e. The molecule has 2 aromatic rings. The number of aromatic nitrogens is 3. The molecule has 1 aromatic carbocycles. The van der Waals surface area contributed by atoms with Gasteiger partial charge in [-0.2, -0.15) is 5.10 Å². The van der Waals surface area contributed by atoms with Crippen LogP contribution in [0.25, 0.3) is 0 Å². The first kappa shape index (κ1) is 16.6. The number of halogens is 1. The lowest BCUT2D eigenvalue weighted by Crippen LogP contribution is -2.38. The number of hydrogen-bond donors (Lipinski definition) is 2. The summed E-state index contributed by atoms with van der Waals surface area (Å²) in [6, 6.07) is 5.26. The summed E-state index contributed by atoms with van der Waals surface area (Å²) in [5.41, 5.74) is 0.372. The van der Waals surface area contributed by atoms with Crippen LogP contribution in [0.2, 0.25) is 0 Å². The van der Waals surface area contributed by atoms with Crippen molar-refractivity contribution in [3.63, 3.8) is 0 Å². The van der Waals surface area contributed by atoms with E-state index >= 15 is 0 Å². The van der Waals surface area contributed by atoms with Crippen molar-refractivity contribution in [2.45, 2.75) is 13.5 Å². The third-order valence-corrected chi connectivity index (χ3v) is 3.19. The van der Waals surface area contributed by atoms with E-state index in [1.807, 2.05) is 0 Å². The number of rotatable bonds is 7. The molecule has 1 atom stereocenters. The molecule has 0 radical (unpaired) electrons. The SMILES string of the molecule is CC(Cn1cncn1)C(=O)NCCNC(=O)c1ccc(F)cc1. The van der Waals surface area contributed by atoms with Gasteiger partial charge < -0.3 is 10.6 Å². The molecule has 122 valence electrons. The Balaban J connectivity index is 1.67. The molecule has 0 aliphatic carbocycles. The Bertz CT molecular complexity index is 642. The highest BCUT2D eigenvalue weighted by Gasteiger charge is 2.13. The van der Waals surface area contributed by atoms with Gasteiger partial charge in [0.15, 0.2) is 0 Å². The molecule has 1 aromatic heterocycles. The van der Waals surface area contributed by atoms with Gasteiger partial charge in [0.05, 0.1) is 12.5 Å². The second kappa shape index (κ2) is 8.02. The summed E-state index contributed by atoms with van der Waals surface area (Å²) < 4.78 is 14.4. The second-order valence-corrected chi connectivity index (χ2v) is 5.07. The van der Waals surface area contributed by atoms with Crippen molar-refractivity contribution < 1.29 is 14.0 Å². The van der Waals surface area contributed by atoms with E-state index in [4.69, 9.17) is 0 Å². The van der Waals surface area contributed by atoms with Crippen LogP contribution in [0.1, 0.15) is 17.3 Å². The van der Waals surface area contributed by atoms with Gasteiger partial charge in [0.2, 0.25) is 5.91 Å². The lowest BCUT2D eigenvalue weighted by molar-refractivity contribution is -0.124. The van der Waals surface area contributed by atoms with E-state index in [2.05, 4.69) is 20.7 Å². The zero-order valence-corrected chi connectivity index (χ0v) is 12.7. The number of hydrogen-bond acceptors (Lipinski definition) is 4. The van der Waals surface area contributed by atoms with Gasteiger partial charge in [0, 0.05) is 18.7 Å². The van der Waals surface area contributed by atoms with Crippen molar-refractivity contribution in [1.29, 1.82) is 0 Å². The number of amides is 2. The van der Waals surface area contributed by atoms with Crippen molar-refractivity contribution in [3.05, 3.63) is 48.3 Å². The van der Waals surface area contributed by atoms with E-state index in [1.165, 1.54) is 30.6 Å². The lowest BCUT2D eigenvalue weighted by Gasteiger charge is -2.12. The van der Waals surface area contributed by atoms with Crippen LogP contribution in [0, 0.1) is 11.7 Å². The number of nitrogens with zero attached hydrogens (tertiary/aromatic N) is 3. The minimum atomic E-state index is -0.393. The molecule has 1 unspecified atom stereocenters. The summed E-state index contributed by atoms with van der Waals surface area (Å²) in [7, 11) is 0. The van der Waals surface area contributed by atoms with Crippen LogP contribution in [0.3, 0.4) is 0 Å². The average molecular weight is 319 g/mol. The van der Waals surface area contributed by atoms with E-state index in [1.54, 1.807) is 17.9 Å². The molecule has 2 N–H and O–H groups in total. The van der Waals surface area contributed by atoms with Gasteiger partial charge in [-0.1, -0.05) is 6.92 Å². The Morgan fingerprint density at radius 3 is 2.57 bits per heavy atom. The second-order valence-electron chi connectivity index (χ2n) is 5.07. The topological polar surface area (TPSA) is 88.9 Å². The summed E-state index contributed by atoms with van der Waals surface area (Å²) in [5, 5.41) is 9.33. The standard InChI is InChI=1S/C15H18FN5O2/c1-11(8-21-10-17-9-20-21)14(22)18-6-7-19-15(23)12-2-4-13(16)5-3-12/h2-5,9-11H,6-8H2,1H3,(H,18,22)(H,19,23). The predicted molar refractivity (Wildman–Crippen MR) is 80.9 cm³/mol. The summed E-state index contributed by atoms with van der Waals surface area (Å²) in [6.07, 6.45) is 2.96. The Kier molecular flexibility index (Phi) is 5.79. The third-order valence-electron chi connectivity index (χ3n) is 3.19. The first-order valence-corrected chi connectivity index (χ1v) is 7.20. The molecule has 0 fully saturated rings. The summed E-state index contributed by atoms with van der Waals surface area (Å²) in [4.78, 5) is 27.5. The van der Waals surface area contributed by atoms with Gasteiger partial charge in [-0.25, -0.2) is 9.37 Å². The highest BCUT2D eigenvalue weighted by atomic mass is 19.1. The Morgan fingerprint density at radius 1 is 1.22 bits per heavy atom. The predicted octanol–water partition coefficient (Wildman–Crippen LogP) is 0.599. The van der Waals surface area contributed by atoms with Gasteiger partial charge in [0.1, 0.15) is 18.5 Å². The maximum atomic E-state index is 12.8. The van der Waals surface area contributed by atoms with Gasteiger partial charge >= 0.3 is 0 Å². The number of carbonyl (C=O) groups excluding carboxylic acids is 2. The molecule has 0 aliphatic rings. The molecule has 0 spiro atoms. The first-order valence-electron chi connectivity index (χ1n) is 7.20. The van der Waals surface area contributed by atoms with Crippen molar-refractivity contribution in [1.82, 2.24) is 25.4 Å². The zero-order valence-electron chi connectivity index (χ0n) is 12.7. The molecule has 8 heteroatoms. The Hall–Kier alpha value is -2.77. The fourth-order valence-electron chi connectivity index (χ4n) is 1.93. The van der Waals surface area contributed by atoms with Gasteiger partial charge in [-0.15, -0.1) is 0 Å². The van der Waals surface area contributed by atoms with Crippen LogP contribution in [0.15, 0.2) is 36.9 Å². The minimum Gasteiger partial charge on any atom is -0.354 e. The van der Waals surface area contributed by atoms with Crippen LogP contribution < -0.4 is 10.6 Å². The van der Waals surface area contributed by atoms with Crippen molar-refractivity contribution >= 4 is 11.8 Å². The molecular formula is C15H18FN5O2. The quantitative estimate of drug-likeness (QED) is 0.732. The van der Waals surface area contributed by atoms with Gasteiger partial charge in [0.25, 0.3) is 5.91 Å². The molecule has 7 nitrogen and oxygen atoms in total. The molecule has 23 heavy (non-hydrogen) atoms.